The molecule has 2 fully saturated rings. The van der Waals surface area contributed by atoms with E-state index in [0.29, 0.717) is 12.1 Å². The van der Waals surface area contributed by atoms with Crippen molar-refractivity contribution in [1.29, 1.82) is 0 Å². The topological polar surface area (TPSA) is 32.3 Å². The number of likely N-dealkylation sites (tertiary alicyclic amines) is 1. The molecule has 1 aromatic carbocycles. The zero-order valence-electron chi connectivity index (χ0n) is 14.1. The maximum atomic E-state index is 13.0. The Hall–Kier alpha value is -1.65. The highest BCUT2D eigenvalue weighted by molar-refractivity contribution is 7.12. The molecule has 1 aliphatic carbocycles. The highest BCUT2D eigenvalue weighted by Crippen LogP contribution is 2.41. The molecule has 1 amide bonds. The molecule has 1 saturated carbocycles. The number of thiophene rings is 1. The van der Waals surface area contributed by atoms with Crippen LogP contribution in [0.15, 0.2) is 42.5 Å². The van der Waals surface area contributed by atoms with Gasteiger partial charge in [0.05, 0.1) is 0 Å². The Morgan fingerprint density at radius 3 is 2.62 bits per heavy atom. The Morgan fingerprint density at radius 1 is 1.17 bits per heavy atom. The van der Waals surface area contributed by atoms with E-state index < -0.39 is 0 Å². The summed E-state index contributed by atoms with van der Waals surface area (Å²) in [6, 6.07) is 15.3. The van der Waals surface area contributed by atoms with Crippen molar-refractivity contribution >= 4 is 17.2 Å². The third-order valence-corrected chi connectivity index (χ3v) is 6.10. The fraction of sp³-hybridized carbons (Fsp3) is 0.450. The first-order chi connectivity index (χ1) is 11.7. The van der Waals surface area contributed by atoms with Crippen molar-refractivity contribution in [2.45, 2.75) is 50.7 Å². The molecule has 3 nitrogen and oxygen atoms in total. The zero-order chi connectivity index (χ0) is 16.5. The summed E-state index contributed by atoms with van der Waals surface area (Å²) in [5.41, 5.74) is 1.11. The van der Waals surface area contributed by atoms with Gasteiger partial charge in [-0.3, -0.25) is 9.69 Å². The number of hydrogen-bond donors (Lipinski definition) is 1. The first-order valence-corrected chi connectivity index (χ1v) is 9.71. The normalized spacial score (nSPS) is 22.5. The van der Waals surface area contributed by atoms with Crippen molar-refractivity contribution < 1.29 is 4.79 Å². The van der Waals surface area contributed by atoms with E-state index in [1.54, 1.807) is 0 Å². The molecule has 0 radical (unpaired) electrons. The lowest BCUT2D eigenvalue weighted by molar-refractivity contribution is -0.127. The molecule has 1 aliphatic heterocycles. The molecule has 2 aromatic rings. The smallest absolute Gasteiger partial charge is 0.242 e. The van der Waals surface area contributed by atoms with Crippen molar-refractivity contribution in [1.82, 2.24) is 10.2 Å². The van der Waals surface area contributed by atoms with Crippen LogP contribution in [-0.4, -0.2) is 23.4 Å². The van der Waals surface area contributed by atoms with Crippen LogP contribution in [0, 0.1) is 6.92 Å². The van der Waals surface area contributed by atoms with Crippen LogP contribution in [0.25, 0.3) is 0 Å². The maximum absolute atomic E-state index is 13.0. The quantitative estimate of drug-likeness (QED) is 0.884. The summed E-state index contributed by atoms with van der Waals surface area (Å²) >= 11 is 1.87. The summed E-state index contributed by atoms with van der Waals surface area (Å²) in [7, 11) is 0. The number of amides is 1. The average molecular weight is 340 g/mol. The Labute approximate surface area is 147 Å². The molecule has 1 N–H and O–H groups in total. The van der Waals surface area contributed by atoms with Gasteiger partial charge < -0.3 is 5.32 Å². The van der Waals surface area contributed by atoms with Gasteiger partial charge in [0, 0.05) is 21.8 Å². The second-order valence-electron chi connectivity index (χ2n) is 6.94. The van der Waals surface area contributed by atoms with Gasteiger partial charge in [0.15, 0.2) is 0 Å². The molecule has 4 rings (SSSR count). The fourth-order valence-corrected chi connectivity index (χ4v) is 4.71. The van der Waals surface area contributed by atoms with Crippen molar-refractivity contribution in [3.05, 3.63) is 57.8 Å². The molecule has 2 aliphatic rings. The number of carbonyl (C=O) groups is 1. The van der Waals surface area contributed by atoms with E-state index in [9.17, 15) is 4.79 Å². The molecule has 0 bridgehead atoms. The number of hydrogen-bond acceptors (Lipinski definition) is 3. The number of rotatable bonds is 5. The average Bonchev–Trinajstić information content (AvgIpc) is 3.08. The van der Waals surface area contributed by atoms with Crippen molar-refractivity contribution in [2.75, 3.05) is 6.54 Å². The third kappa shape index (κ3) is 3.26. The molecule has 2 unspecified atom stereocenters. The van der Waals surface area contributed by atoms with Gasteiger partial charge >= 0.3 is 0 Å². The minimum absolute atomic E-state index is 0.170. The van der Waals surface area contributed by atoms with Gasteiger partial charge in [-0.05, 0) is 56.8 Å². The fourth-order valence-electron chi connectivity index (χ4n) is 3.67. The summed E-state index contributed by atoms with van der Waals surface area (Å²) < 4.78 is 0. The second kappa shape index (κ2) is 6.69. The number of nitrogens with zero attached hydrogens (tertiary/aromatic N) is 1. The van der Waals surface area contributed by atoms with E-state index in [0.717, 1.165) is 37.8 Å². The minimum Gasteiger partial charge on any atom is -0.352 e. The molecular formula is C20H24N2OS. The number of aryl methyl sites for hydroxylation is 1. The summed E-state index contributed by atoms with van der Waals surface area (Å²) in [6.07, 6.45) is 4.54. The maximum Gasteiger partial charge on any atom is 0.242 e. The first-order valence-electron chi connectivity index (χ1n) is 8.90. The van der Waals surface area contributed by atoms with E-state index >= 15 is 0 Å². The molecular weight excluding hydrogens is 316 g/mol. The van der Waals surface area contributed by atoms with Crippen LogP contribution in [0.5, 0.6) is 0 Å². The van der Waals surface area contributed by atoms with Crippen LogP contribution >= 0.6 is 11.3 Å². The predicted molar refractivity (Wildman–Crippen MR) is 98.1 cm³/mol. The van der Waals surface area contributed by atoms with Gasteiger partial charge in [-0.15, -0.1) is 11.3 Å². The number of carbonyl (C=O) groups excluding carboxylic acids is 1. The van der Waals surface area contributed by atoms with Gasteiger partial charge in [0.25, 0.3) is 0 Å². The van der Waals surface area contributed by atoms with E-state index in [4.69, 9.17) is 0 Å². The van der Waals surface area contributed by atoms with Gasteiger partial charge in [-0.1, -0.05) is 30.3 Å². The van der Waals surface area contributed by atoms with Crippen molar-refractivity contribution in [3.63, 3.8) is 0 Å². The lowest BCUT2D eigenvalue weighted by Gasteiger charge is -2.32. The summed E-state index contributed by atoms with van der Waals surface area (Å²) in [4.78, 5) is 18.2. The number of nitrogens with one attached hydrogen (secondary N) is 1. The van der Waals surface area contributed by atoms with Gasteiger partial charge in [-0.25, -0.2) is 0 Å². The molecule has 1 aromatic heterocycles. The summed E-state index contributed by atoms with van der Waals surface area (Å²) in [6.45, 7) is 3.14. The molecule has 2 atom stereocenters. The molecule has 126 valence electrons. The second-order valence-corrected chi connectivity index (χ2v) is 8.26. The minimum atomic E-state index is -0.179. The Morgan fingerprint density at radius 2 is 1.96 bits per heavy atom. The largest absolute Gasteiger partial charge is 0.352 e. The van der Waals surface area contributed by atoms with Crippen LogP contribution in [-0.2, 0) is 4.79 Å². The summed E-state index contributed by atoms with van der Waals surface area (Å²) in [5, 5.41) is 3.23. The van der Waals surface area contributed by atoms with Crippen LogP contribution < -0.4 is 5.32 Å². The van der Waals surface area contributed by atoms with Crippen molar-refractivity contribution in [3.8, 4) is 0 Å². The van der Waals surface area contributed by atoms with Gasteiger partial charge in [-0.2, -0.15) is 0 Å². The van der Waals surface area contributed by atoms with Crippen molar-refractivity contribution in [2.24, 2.45) is 0 Å². The lowest BCUT2D eigenvalue weighted by atomic mass is 10.0. The third-order valence-electron chi connectivity index (χ3n) is 5.00. The Kier molecular flexibility index (Phi) is 4.42. The number of benzene rings is 1. The van der Waals surface area contributed by atoms with Crippen LogP contribution in [0.3, 0.4) is 0 Å². The first kappa shape index (κ1) is 15.9. The molecule has 0 spiro atoms. The Balaban J connectivity index is 1.65. The van der Waals surface area contributed by atoms with E-state index in [1.807, 2.05) is 29.5 Å². The van der Waals surface area contributed by atoms with Crippen LogP contribution in [0.1, 0.15) is 53.1 Å². The van der Waals surface area contributed by atoms with E-state index in [-0.39, 0.29) is 11.9 Å². The SMILES string of the molecule is Cc1ccc(C2CCCN2C(C(=O)NC2CC2)c2ccccc2)s1. The van der Waals surface area contributed by atoms with Gasteiger partial charge in [0.1, 0.15) is 6.04 Å². The van der Waals surface area contributed by atoms with E-state index in [2.05, 4.69) is 41.4 Å². The molecule has 2 heterocycles. The molecule has 1 saturated heterocycles. The molecule has 24 heavy (non-hydrogen) atoms. The van der Waals surface area contributed by atoms with Crippen LogP contribution in [0.2, 0.25) is 0 Å². The highest BCUT2D eigenvalue weighted by atomic mass is 32.1. The summed E-state index contributed by atoms with van der Waals surface area (Å²) in [5.74, 6) is 0.170. The van der Waals surface area contributed by atoms with Crippen LogP contribution in [0.4, 0.5) is 0 Å². The van der Waals surface area contributed by atoms with E-state index in [1.165, 1.54) is 9.75 Å². The zero-order valence-corrected chi connectivity index (χ0v) is 14.9. The monoisotopic (exact) mass is 340 g/mol. The lowest BCUT2D eigenvalue weighted by Crippen LogP contribution is -2.41. The standard InChI is InChI=1S/C20H24N2OS/c1-14-9-12-18(24-14)17-8-5-13-22(17)19(15-6-3-2-4-7-15)20(23)21-16-10-11-16/h2-4,6-7,9,12,16-17,19H,5,8,10-11,13H2,1H3,(H,21,23). The Bertz CT molecular complexity index is 707. The molecule has 4 heteroatoms. The highest BCUT2D eigenvalue weighted by Gasteiger charge is 2.38. The van der Waals surface area contributed by atoms with Gasteiger partial charge in [0.2, 0.25) is 5.91 Å². The predicted octanol–water partition coefficient (Wildman–Crippen LogP) is 4.21.